The monoisotopic (exact) mass is 280 g/mol. The van der Waals surface area contributed by atoms with Gasteiger partial charge in [-0.2, -0.15) is 0 Å². The van der Waals surface area contributed by atoms with E-state index in [0.29, 0.717) is 0 Å². The molecule has 2 aliphatic carbocycles. The Morgan fingerprint density at radius 1 is 0.684 bits per heavy atom. The minimum Gasteiger partial charge on any atom is -0.0837 e. The van der Waals surface area contributed by atoms with Crippen LogP contribution in [0.4, 0.5) is 0 Å². The van der Waals surface area contributed by atoms with Gasteiger partial charge in [-0.3, -0.25) is 0 Å². The van der Waals surface area contributed by atoms with Gasteiger partial charge in [-0.25, -0.2) is 0 Å². The van der Waals surface area contributed by atoms with Gasteiger partial charge in [-0.05, 0) is 73.6 Å². The van der Waals surface area contributed by atoms with E-state index in [1.807, 2.05) is 27.7 Å². The topological polar surface area (TPSA) is 0 Å². The van der Waals surface area contributed by atoms with E-state index in [9.17, 15) is 0 Å². The first-order valence-electron chi connectivity index (χ1n) is 8.18. The van der Waals surface area contributed by atoms with Crippen LogP contribution >= 0.6 is 11.6 Å². The maximum atomic E-state index is 6.54. The molecule has 0 aromatic heterocycles. The third-order valence-electron chi connectivity index (χ3n) is 3.90. The van der Waals surface area contributed by atoms with Gasteiger partial charge in [-0.1, -0.05) is 45.4 Å². The average molecular weight is 281 g/mol. The van der Waals surface area contributed by atoms with Crippen molar-refractivity contribution in [1.29, 1.82) is 0 Å². The van der Waals surface area contributed by atoms with Crippen LogP contribution in [0.3, 0.4) is 0 Å². The van der Waals surface area contributed by atoms with Gasteiger partial charge in [0.25, 0.3) is 0 Å². The number of benzene rings is 1. The molecule has 0 saturated carbocycles. The summed E-state index contributed by atoms with van der Waals surface area (Å²) >= 11 is 6.54. The highest BCUT2D eigenvalue weighted by Gasteiger charge is 2.20. The first kappa shape index (κ1) is 16.6. The molecule has 0 N–H and O–H groups in total. The second-order valence-corrected chi connectivity index (χ2v) is 5.26. The molecule has 0 nitrogen and oxygen atoms in total. The van der Waals surface area contributed by atoms with E-state index < -0.39 is 0 Å². The van der Waals surface area contributed by atoms with E-state index in [2.05, 4.69) is 6.07 Å². The maximum absolute atomic E-state index is 6.54. The maximum Gasteiger partial charge on any atom is 0.0475 e. The minimum atomic E-state index is 1.13. The molecule has 0 fully saturated rings. The van der Waals surface area contributed by atoms with Crippen LogP contribution in [-0.4, -0.2) is 0 Å². The normalized spacial score (nSPS) is 16.1. The fraction of sp³-hybridized carbons (Fsp3) is 0.667. The summed E-state index contributed by atoms with van der Waals surface area (Å²) in [5, 5.41) is 1.13. The van der Waals surface area contributed by atoms with Crippen molar-refractivity contribution in [3.05, 3.63) is 33.3 Å². The standard InChI is InChI=1S/C14H17Cl.2C2H6/c15-14-12-7-3-1-5-10(12)9-11-6-2-4-8-13(11)14;2*1-2/h9H,1-8H2;2*1-2H3. The number of fused-ring (bicyclic) bond motifs is 2. The fourth-order valence-electron chi connectivity index (χ4n) is 3.07. The SMILES string of the molecule is CC.CC.Clc1c2c(cc3c1CCCC3)CCCC2. The molecule has 19 heavy (non-hydrogen) atoms. The largest absolute Gasteiger partial charge is 0.0837 e. The zero-order valence-electron chi connectivity index (χ0n) is 13.1. The van der Waals surface area contributed by atoms with Gasteiger partial charge in [0.1, 0.15) is 0 Å². The molecule has 0 saturated heterocycles. The van der Waals surface area contributed by atoms with Crippen molar-refractivity contribution in [3.63, 3.8) is 0 Å². The molecule has 0 unspecified atom stereocenters. The molecule has 2 aliphatic rings. The molecular formula is C18H29Cl. The molecule has 1 aromatic rings. The molecule has 3 rings (SSSR count). The van der Waals surface area contributed by atoms with Crippen molar-refractivity contribution in [1.82, 2.24) is 0 Å². The summed E-state index contributed by atoms with van der Waals surface area (Å²) in [4.78, 5) is 0. The highest BCUT2D eigenvalue weighted by molar-refractivity contribution is 6.32. The highest BCUT2D eigenvalue weighted by atomic mass is 35.5. The number of hydrogen-bond acceptors (Lipinski definition) is 0. The lowest BCUT2D eigenvalue weighted by molar-refractivity contribution is 0.658. The Bertz CT molecular complexity index is 359. The quantitative estimate of drug-likeness (QED) is 0.535. The molecule has 0 heterocycles. The summed E-state index contributed by atoms with van der Waals surface area (Å²) in [5.41, 5.74) is 6.05. The molecule has 1 aromatic carbocycles. The summed E-state index contributed by atoms with van der Waals surface area (Å²) in [6, 6.07) is 2.45. The van der Waals surface area contributed by atoms with Crippen molar-refractivity contribution in [2.24, 2.45) is 0 Å². The lowest BCUT2D eigenvalue weighted by Gasteiger charge is -2.24. The summed E-state index contributed by atoms with van der Waals surface area (Å²) in [6.07, 6.45) is 10.3. The van der Waals surface area contributed by atoms with Crippen molar-refractivity contribution >= 4 is 11.6 Å². The smallest absolute Gasteiger partial charge is 0.0475 e. The zero-order chi connectivity index (χ0) is 14.3. The van der Waals surface area contributed by atoms with Gasteiger partial charge in [-0.15, -0.1) is 0 Å². The van der Waals surface area contributed by atoms with Gasteiger partial charge in [0.2, 0.25) is 0 Å². The summed E-state index contributed by atoms with van der Waals surface area (Å²) < 4.78 is 0. The predicted octanol–water partition coefficient (Wildman–Crippen LogP) is 6.15. The van der Waals surface area contributed by atoms with E-state index in [1.165, 1.54) is 62.5 Å². The Morgan fingerprint density at radius 2 is 1.05 bits per heavy atom. The molecule has 0 bridgehead atoms. The van der Waals surface area contributed by atoms with Gasteiger partial charge in [0, 0.05) is 5.02 Å². The predicted molar refractivity (Wildman–Crippen MR) is 87.4 cm³/mol. The van der Waals surface area contributed by atoms with E-state index in [4.69, 9.17) is 11.6 Å². The summed E-state index contributed by atoms with van der Waals surface area (Å²) in [7, 11) is 0. The van der Waals surface area contributed by atoms with E-state index >= 15 is 0 Å². The Morgan fingerprint density at radius 3 is 1.47 bits per heavy atom. The third kappa shape index (κ3) is 3.75. The van der Waals surface area contributed by atoms with Gasteiger partial charge >= 0.3 is 0 Å². The first-order chi connectivity index (χ1) is 9.36. The van der Waals surface area contributed by atoms with Crippen LogP contribution in [0.2, 0.25) is 5.02 Å². The second-order valence-electron chi connectivity index (χ2n) is 4.88. The van der Waals surface area contributed by atoms with Crippen LogP contribution in [0.15, 0.2) is 6.07 Å². The molecular weight excluding hydrogens is 252 g/mol. The zero-order valence-corrected chi connectivity index (χ0v) is 13.9. The first-order valence-corrected chi connectivity index (χ1v) is 8.56. The summed E-state index contributed by atoms with van der Waals surface area (Å²) in [5.74, 6) is 0. The minimum absolute atomic E-state index is 1.13. The summed E-state index contributed by atoms with van der Waals surface area (Å²) in [6.45, 7) is 8.00. The Balaban J connectivity index is 0.000000415. The second kappa shape index (κ2) is 8.64. The van der Waals surface area contributed by atoms with Gasteiger partial charge in [0.15, 0.2) is 0 Å². The molecule has 0 amide bonds. The molecule has 0 spiro atoms. The van der Waals surface area contributed by atoms with Crippen LogP contribution in [0, 0.1) is 0 Å². The molecule has 108 valence electrons. The highest BCUT2D eigenvalue weighted by Crippen LogP contribution is 2.36. The lowest BCUT2D eigenvalue weighted by Crippen LogP contribution is -2.11. The number of rotatable bonds is 0. The van der Waals surface area contributed by atoms with Crippen LogP contribution in [0.5, 0.6) is 0 Å². The fourth-order valence-corrected chi connectivity index (χ4v) is 3.50. The van der Waals surface area contributed by atoms with E-state index in [-0.39, 0.29) is 0 Å². The number of aryl methyl sites for hydroxylation is 2. The van der Waals surface area contributed by atoms with Crippen molar-refractivity contribution in [2.75, 3.05) is 0 Å². The van der Waals surface area contributed by atoms with Gasteiger partial charge in [0.05, 0.1) is 0 Å². The molecule has 1 heteroatoms. The van der Waals surface area contributed by atoms with E-state index in [1.54, 1.807) is 11.1 Å². The third-order valence-corrected chi connectivity index (χ3v) is 4.36. The van der Waals surface area contributed by atoms with E-state index in [0.717, 1.165) is 5.02 Å². The van der Waals surface area contributed by atoms with Gasteiger partial charge < -0.3 is 0 Å². The molecule has 0 radical (unpaired) electrons. The number of halogens is 1. The van der Waals surface area contributed by atoms with Crippen molar-refractivity contribution in [2.45, 2.75) is 79.1 Å². The lowest BCUT2D eigenvalue weighted by atomic mass is 9.83. The van der Waals surface area contributed by atoms with Crippen molar-refractivity contribution < 1.29 is 0 Å². The van der Waals surface area contributed by atoms with Crippen LogP contribution in [-0.2, 0) is 25.7 Å². The van der Waals surface area contributed by atoms with Crippen LogP contribution in [0.25, 0.3) is 0 Å². The molecule has 0 atom stereocenters. The molecule has 0 aliphatic heterocycles. The van der Waals surface area contributed by atoms with Crippen molar-refractivity contribution in [3.8, 4) is 0 Å². The van der Waals surface area contributed by atoms with Crippen LogP contribution in [0.1, 0.15) is 75.6 Å². The Kier molecular flexibility index (Phi) is 7.53. The Labute approximate surface area is 124 Å². The Hall–Kier alpha value is -0.490. The number of hydrogen-bond donors (Lipinski definition) is 0. The average Bonchev–Trinajstić information content (AvgIpc) is 2.52. The van der Waals surface area contributed by atoms with Crippen LogP contribution < -0.4 is 0 Å².